The molecule has 29 heavy (non-hydrogen) atoms. The average molecular weight is 406 g/mol. The third-order valence-corrected chi connectivity index (χ3v) is 5.20. The highest BCUT2D eigenvalue weighted by Gasteiger charge is 2.27. The first-order chi connectivity index (χ1) is 13.7. The Labute approximate surface area is 178 Å². The molecule has 0 aromatic rings. The number of aliphatic hydroxyl groups is 2. The summed E-state index contributed by atoms with van der Waals surface area (Å²) in [6.07, 6.45) is 15.0. The van der Waals surface area contributed by atoms with Gasteiger partial charge in [-0.05, 0) is 79.6 Å². The lowest BCUT2D eigenvalue weighted by Crippen LogP contribution is -2.53. The topological polar surface area (TPSA) is 69.6 Å². The Bertz CT molecular complexity index is 595. The van der Waals surface area contributed by atoms with Gasteiger partial charge in [0.2, 0.25) is 5.91 Å². The fourth-order valence-corrected chi connectivity index (χ4v) is 2.92. The van der Waals surface area contributed by atoms with E-state index in [1.807, 2.05) is 13.8 Å². The van der Waals surface area contributed by atoms with Gasteiger partial charge >= 0.3 is 0 Å². The molecule has 0 unspecified atom stereocenters. The van der Waals surface area contributed by atoms with E-state index in [1.54, 1.807) is 6.08 Å². The van der Waals surface area contributed by atoms with E-state index in [0.717, 1.165) is 44.1 Å². The number of hydrogen-bond acceptors (Lipinski definition) is 3. The summed E-state index contributed by atoms with van der Waals surface area (Å²) in [5, 5.41) is 21.6. The Morgan fingerprint density at radius 1 is 0.793 bits per heavy atom. The second kappa shape index (κ2) is 15.2. The molecule has 0 aliphatic carbocycles. The molecule has 0 saturated heterocycles. The first kappa shape index (κ1) is 27.4. The average Bonchev–Trinajstić information content (AvgIpc) is 2.65. The molecule has 0 bridgehead atoms. The lowest BCUT2D eigenvalue weighted by atomic mass is 9.98. The van der Waals surface area contributed by atoms with Crippen LogP contribution in [-0.2, 0) is 4.79 Å². The van der Waals surface area contributed by atoms with Gasteiger partial charge in [-0.3, -0.25) is 4.79 Å². The van der Waals surface area contributed by atoms with Gasteiger partial charge in [-0.15, -0.1) is 0 Å². The Kier molecular flexibility index (Phi) is 14.4. The molecule has 0 spiro atoms. The van der Waals surface area contributed by atoms with Crippen molar-refractivity contribution in [1.29, 1.82) is 0 Å². The number of aliphatic hydroxyl groups excluding tert-OH is 2. The molecule has 4 nitrogen and oxygen atoms in total. The standard InChI is InChI=1S/C25H43NO3/c1-7-25(18-27,19-28)26-24(29)17-23(6)16-10-15-22(5)14-9-13-21(4)12-8-11-20(2)3/h11,13,15,17,27-28H,7-10,12,14,16,18-19H2,1-6H3,(H,26,29). The maximum atomic E-state index is 12.1. The first-order valence-electron chi connectivity index (χ1n) is 10.8. The summed E-state index contributed by atoms with van der Waals surface area (Å²) >= 11 is 0. The third-order valence-electron chi connectivity index (χ3n) is 5.20. The molecule has 166 valence electrons. The Morgan fingerprint density at radius 3 is 1.66 bits per heavy atom. The van der Waals surface area contributed by atoms with Gasteiger partial charge in [-0.25, -0.2) is 0 Å². The quantitative estimate of drug-likeness (QED) is 0.268. The van der Waals surface area contributed by atoms with Crippen molar-refractivity contribution in [2.24, 2.45) is 0 Å². The van der Waals surface area contributed by atoms with E-state index in [-0.39, 0.29) is 19.1 Å². The van der Waals surface area contributed by atoms with Crippen LogP contribution >= 0.6 is 0 Å². The predicted molar refractivity (Wildman–Crippen MR) is 124 cm³/mol. The monoisotopic (exact) mass is 405 g/mol. The molecule has 0 fully saturated rings. The van der Waals surface area contributed by atoms with Crippen LogP contribution in [0.3, 0.4) is 0 Å². The highest BCUT2D eigenvalue weighted by molar-refractivity contribution is 5.88. The minimum atomic E-state index is -0.943. The van der Waals surface area contributed by atoms with E-state index < -0.39 is 5.54 Å². The van der Waals surface area contributed by atoms with Gasteiger partial charge in [0.1, 0.15) is 0 Å². The Morgan fingerprint density at radius 2 is 1.24 bits per heavy atom. The maximum absolute atomic E-state index is 12.1. The minimum absolute atomic E-state index is 0.262. The van der Waals surface area contributed by atoms with Crippen LogP contribution in [-0.4, -0.2) is 34.9 Å². The minimum Gasteiger partial charge on any atom is -0.394 e. The van der Waals surface area contributed by atoms with Crippen LogP contribution < -0.4 is 5.32 Å². The van der Waals surface area contributed by atoms with Crippen LogP contribution in [0.4, 0.5) is 0 Å². The molecule has 0 rings (SSSR count). The number of allylic oxidation sites excluding steroid dienone is 7. The summed E-state index contributed by atoms with van der Waals surface area (Å²) < 4.78 is 0. The Balaban J connectivity index is 4.36. The largest absolute Gasteiger partial charge is 0.394 e. The second-order valence-corrected chi connectivity index (χ2v) is 8.43. The van der Waals surface area contributed by atoms with Gasteiger partial charge in [0.15, 0.2) is 0 Å². The van der Waals surface area contributed by atoms with Gasteiger partial charge in [-0.1, -0.05) is 47.4 Å². The smallest absolute Gasteiger partial charge is 0.244 e. The summed E-state index contributed by atoms with van der Waals surface area (Å²) in [5.41, 5.74) is 4.25. The highest BCUT2D eigenvalue weighted by atomic mass is 16.3. The van der Waals surface area contributed by atoms with E-state index >= 15 is 0 Å². The van der Waals surface area contributed by atoms with Crippen molar-refractivity contribution in [3.8, 4) is 0 Å². The van der Waals surface area contributed by atoms with E-state index in [2.05, 4.69) is 51.2 Å². The normalized spacial score (nSPS) is 13.4. The van der Waals surface area contributed by atoms with Gasteiger partial charge in [-0.2, -0.15) is 0 Å². The van der Waals surface area contributed by atoms with Gasteiger partial charge < -0.3 is 15.5 Å². The molecule has 0 aromatic heterocycles. The first-order valence-corrected chi connectivity index (χ1v) is 10.8. The molecule has 0 aliphatic rings. The molecule has 0 saturated carbocycles. The van der Waals surface area contributed by atoms with Crippen molar-refractivity contribution >= 4 is 5.91 Å². The summed E-state index contributed by atoms with van der Waals surface area (Å²) in [6.45, 7) is 11.9. The van der Waals surface area contributed by atoms with Crippen molar-refractivity contribution in [3.05, 3.63) is 46.6 Å². The molecule has 0 atom stereocenters. The lowest BCUT2D eigenvalue weighted by Gasteiger charge is -2.29. The molecule has 0 aliphatic heterocycles. The predicted octanol–water partition coefficient (Wildman–Crippen LogP) is 5.38. The van der Waals surface area contributed by atoms with Gasteiger partial charge in [0.05, 0.1) is 18.8 Å². The summed E-state index contributed by atoms with van der Waals surface area (Å²) in [7, 11) is 0. The molecular formula is C25H43NO3. The number of amides is 1. The van der Waals surface area contributed by atoms with Crippen LogP contribution in [0.5, 0.6) is 0 Å². The number of carbonyl (C=O) groups excluding carboxylic acids is 1. The van der Waals surface area contributed by atoms with Gasteiger partial charge in [0.25, 0.3) is 0 Å². The van der Waals surface area contributed by atoms with Crippen LogP contribution in [0.1, 0.15) is 86.5 Å². The van der Waals surface area contributed by atoms with Crippen LogP contribution in [0.15, 0.2) is 46.6 Å². The molecule has 4 heteroatoms. The summed E-state index contributed by atoms with van der Waals surface area (Å²) in [4.78, 5) is 12.1. The Hall–Kier alpha value is -1.65. The molecular weight excluding hydrogens is 362 g/mol. The lowest BCUT2D eigenvalue weighted by molar-refractivity contribution is -0.119. The van der Waals surface area contributed by atoms with Crippen molar-refractivity contribution in [3.63, 3.8) is 0 Å². The van der Waals surface area contributed by atoms with E-state index in [1.165, 1.54) is 16.7 Å². The third kappa shape index (κ3) is 13.2. The zero-order valence-corrected chi connectivity index (χ0v) is 19.5. The number of rotatable bonds is 14. The maximum Gasteiger partial charge on any atom is 0.244 e. The van der Waals surface area contributed by atoms with E-state index in [0.29, 0.717) is 6.42 Å². The fraction of sp³-hybridized carbons (Fsp3) is 0.640. The highest BCUT2D eigenvalue weighted by Crippen LogP contribution is 2.14. The summed E-state index contributed by atoms with van der Waals surface area (Å²) in [6, 6.07) is 0. The van der Waals surface area contributed by atoms with E-state index in [4.69, 9.17) is 0 Å². The van der Waals surface area contributed by atoms with E-state index in [9.17, 15) is 15.0 Å². The molecule has 1 amide bonds. The SMILES string of the molecule is CCC(CO)(CO)NC(=O)C=C(C)CCC=C(C)CCC=C(C)CCC=C(C)C. The molecule has 0 heterocycles. The van der Waals surface area contributed by atoms with Crippen molar-refractivity contribution < 1.29 is 15.0 Å². The second-order valence-electron chi connectivity index (χ2n) is 8.43. The number of nitrogens with one attached hydrogen (secondary N) is 1. The van der Waals surface area contributed by atoms with Gasteiger partial charge in [0, 0.05) is 6.08 Å². The molecule has 0 aromatic carbocycles. The zero-order valence-electron chi connectivity index (χ0n) is 19.5. The fourth-order valence-electron chi connectivity index (χ4n) is 2.92. The van der Waals surface area contributed by atoms with Crippen molar-refractivity contribution in [2.45, 2.75) is 92.0 Å². The molecule has 0 radical (unpaired) electrons. The number of hydrogen-bond donors (Lipinski definition) is 3. The van der Waals surface area contributed by atoms with Crippen LogP contribution in [0, 0.1) is 0 Å². The van der Waals surface area contributed by atoms with Crippen LogP contribution in [0.2, 0.25) is 0 Å². The molecule has 3 N–H and O–H groups in total. The van der Waals surface area contributed by atoms with Crippen LogP contribution in [0.25, 0.3) is 0 Å². The van der Waals surface area contributed by atoms with Crippen molar-refractivity contribution in [2.75, 3.05) is 13.2 Å². The van der Waals surface area contributed by atoms with Crippen molar-refractivity contribution in [1.82, 2.24) is 5.32 Å². The number of carbonyl (C=O) groups is 1. The summed E-state index contributed by atoms with van der Waals surface area (Å²) in [5.74, 6) is -0.262. The zero-order chi connectivity index (χ0) is 22.3.